The number of phenols is 3. The van der Waals surface area contributed by atoms with Crippen LogP contribution in [-0.2, 0) is 9.47 Å². The molecule has 0 spiro atoms. The predicted molar refractivity (Wildman–Crippen MR) is 144 cm³/mol. The molecule has 3 aromatic rings. The number of aliphatic hydroxyl groups is 10. The molecule has 2 saturated heterocycles. The standard InChI is InChI=1S/C27H30O19/c28-6-14-17(33)20(36)24(38)26(40,44-14)43-12-2-1-8(3-10(12)31)22-23(19(35)16-11(32)4-9(30)5-13(16)42-22)46-27(41)25(39)21(37)18(34)15(7-29)45-27/h1-5,14-15,17-18,20-21,24-25,28-34,36-41H,6-7H2/t14-,15+,17-,18+,20+,21-,24-,25+,26-,27-/m1/s1. The highest BCUT2D eigenvalue weighted by Crippen LogP contribution is 2.42. The summed E-state index contributed by atoms with van der Waals surface area (Å²) >= 11 is 0. The Morgan fingerprint density at radius 1 is 0.717 bits per heavy atom. The Hall–Kier alpha value is -3.83. The molecule has 0 unspecified atom stereocenters. The van der Waals surface area contributed by atoms with Crippen LogP contribution < -0.4 is 14.9 Å². The fourth-order valence-corrected chi connectivity index (χ4v) is 5.02. The van der Waals surface area contributed by atoms with Gasteiger partial charge in [0.1, 0.15) is 59.1 Å². The summed E-state index contributed by atoms with van der Waals surface area (Å²) in [4.78, 5) is 13.6. The molecule has 0 radical (unpaired) electrons. The Bertz CT molecular complexity index is 1660. The average molecular weight is 659 g/mol. The molecule has 1 aromatic heterocycles. The highest BCUT2D eigenvalue weighted by Gasteiger charge is 2.57. The summed E-state index contributed by atoms with van der Waals surface area (Å²) < 4.78 is 26.2. The van der Waals surface area contributed by atoms with Gasteiger partial charge in [-0.2, -0.15) is 0 Å². The van der Waals surface area contributed by atoms with Gasteiger partial charge in [0.25, 0.3) is 0 Å². The Labute approximate surface area is 255 Å². The Morgan fingerprint density at radius 3 is 1.78 bits per heavy atom. The monoisotopic (exact) mass is 658 g/mol. The lowest BCUT2D eigenvalue weighted by Crippen LogP contribution is -2.67. The molecule has 2 aromatic carbocycles. The quantitative estimate of drug-likeness (QED) is 0.106. The van der Waals surface area contributed by atoms with Crippen molar-refractivity contribution in [2.24, 2.45) is 0 Å². The molecule has 0 saturated carbocycles. The number of aromatic hydroxyl groups is 3. The first kappa shape index (κ1) is 33.5. The maximum Gasteiger partial charge on any atom is 0.355 e. The number of hydrogen-bond acceptors (Lipinski definition) is 19. The molecular formula is C27H30O19. The van der Waals surface area contributed by atoms with Crippen molar-refractivity contribution in [2.45, 2.75) is 60.8 Å². The largest absolute Gasteiger partial charge is 0.508 e. The molecule has 2 fully saturated rings. The van der Waals surface area contributed by atoms with Crippen LogP contribution in [0.4, 0.5) is 0 Å². The van der Waals surface area contributed by atoms with Crippen molar-refractivity contribution in [3.8, 4) is 40.1 Å². The lowest BCUT2D eigenvalue weighted by atomic mass is 9.97. The number of aliphatic hydroxyl groups excluding tert-OH is 8. The number of hydrogen-bond donors (Lipinski definition) is 13. The van der Waals surface area contributed by atoms with E-state index in [1.165, 1.54) is 0 Å². The third-order valence-electron chi connectivity index (χ3n) is 7.50. The van der Waals surface area contributed by atoms with Crippen molar-refractivity contribution < 1.29 is 89.7 Å². The van der Waals surface area contributed by atoms with E-state index in [-0.39, 0.29) is 5.56 Å². The first-order chi connectivity index (χ1) is 21.5. The van der Waals surface area contributed by atoms with Crippen LogP contribution in [0.5, 0.6) is 28.7 Å². The van der Waals surface area contributed by atoms with Gasteiger partial charge in [-0.1, -0.05) is 0 Å². The molecule has 3 heterocycles. The predicted octanol–water partition coefficient (Wildman–Crippen LogP) is -4.43. The van der Waals surface area contributed by atoms with E-state index in [4.69, 9.17) is 23.4 Å². The fraction of sp³-hybridized carbons (Fsp3) is 0.444. The number of ether oxygens (including phenoxy) is 4. The Balaban J connectivity index is 1.60. The van der Waals surface area contributed by atoms with Gasteiger partial charge in [0, 0.05) is 17.7 Å². The summed E-state index contributed by atoms with van der Waals surface area (Å²) in [6, 6.07) is 4.46. The zero-order chi connectivity index (χ0) is 33.9. The van der Waals surface area contributed by atoms with Crippen molar-refractivity contribution in [3.63, 3.8) is 0 Å². The molecule has 0 bridgehead atoms. The smallest absolute Gasteiger partial charge is 0.355 e. The highest BCUT2D eigenvalue weighted by molar-refractivity contribution is 5.88. The maximum absolute atomic E-state index is 13.6. The highest BCUT2D eigenvalue weighted by atomic mass is 16.8. The normalized spacial score (nSPS) is 34.8. The van der Waals surface area contributed by atoms with Crippen LogP contribution in [0, 0.1) is 0 Å². The van der Waals surface area contributed by atoms with E-state index in [2.05, 4.69) is 0 Å². The van der Waals surface area contributed by atoms with Crippen LogP contribution >= 0.6 is 0 Å². The second kappa shape index (κ2) is 12.1. The van der Waals surface area contributed by atoms with Gasteiger partial charge in [-0.25, -0.2) is 0 Å². The van der Waals surface area contributed by atoms with Gasteiger partial charge >= 0.3 is 11.9 Å². The summed E-state index contributed by atoms with van der Waals surface area (Å²) in [6.45, 7) is -1.92. The summed E-state index contributed by atoms with van der Waals surface area (Å²) in [5.74, 6) is -11.1. The van der Waals surface area contributed by atoms with Crippen LogP contribution in [0.15, 0.2) is 39.5 Å². The third-order valence-corrected chi connectivity index (χ3v) is 7.50. The van der Waals surface area contributed by atoms with Crippen molar-refractivity contribution in [3.05, 3.63) is 40.6 Å². The van der Waals surface area contributed by atoms with Gasteiger partial charge in [-0.15, -0.1) is 0 Å². The second-order valence-electron chi connectivity index (χ2n) is 10.6. The SMILES string of the molecule is O=c1c(O[C@]2(O)O[C@@H](CO)[C@H](O)[C@@H](O)[C@@H]2O)c(-c2ccc(O[C@@]3(O)O[C@H](CO)[C@@H](O)[C@H](O)[C@H]3O)c(O)c2)oc2cc(O)cc(O)c12. The van der Waals surface area contributed by atoms with Crippen LogP contribution in [0.25, 0.3) is 22.3 Å². The van der Waals surface area contributed by atoms with Crippen LogP contribution in [0.3, 0.4) is 0 Å². The summed E-state index contributed by atoms with van der Waals surface area (Å²) in [5, 5.41) is 132. The minimum Gasteiger partial charge on any atom is -0.508 e. The number of fused-ring (bicyclic) bond motifs is 1. The number of benzene rings is 2. The van der Waals surface area contributed by atoms with Crippen molar-refractivity contribution in [1.82, 2.24) is 0 Å². The third kappa shape index (κ3) is 5.57. The molecule has 10 atom stereocenters. The lowest BCUT2D eigenvalue weighted by Gasteiger charge is -2.44. The molecule has 5 rings (SSSR count). The first-order valence-electron chi connectivity index (χ1n) is 13.4. The molecule has 2 aliphatic heterocycles. The molecular weight excluding hydrogens is 628 g/mol. The zero-order valence-electron chi connectivity index (χ0n) is 23.2. The Kier molecular flexibility index (Phi) is 8.80. The Morgan fingerprint density at radius 2 is 1.26 bits per heavy atom. The van der Waals surface area contributed by atoms with E-state index in [1.807, 2.05) is 0 Å². The van der Waals surface area contributed by atoms with Gasteiger partial charge in [0.05, 0.1) is 13.2 Å². The summed E-state index contributed by atoms with van der Waals surface area (Å²) in [7, 11) is 0. The molecule has 19 nitrogen and oxygen atoms in total. The molecule has 19 heteroatoms. The average Bonchev–Trinajstić information content (AvgIpc) is 3.01. The molecule has 13 N–H and O–H groups in total. The minimum absolute atomic E-state index is 0.296. The summed E-state index contributed by atoms with van der Waals surface area (Å²) in [6.07, 6.45) is -16.1. The van der Waals surface area contributed by atoms with Gasteiger partial charge < -0.3 is 89.7 Å². The van der Waals surface area contributed by atoms with Crippen LogP contribution in [0.2, 0.25) is 0 Å². The van der Waals surface area contributed by atoms with E-state index in [0.29, 0.717) is 0 Å². The number of rotatable bonds is 7. The maximum atomic E-state index is 13.6. The minimum atomic E-state index is -3.34. The van der Waals surface area contributed by atoms with Gasteiger partial charge in [-0.05, 0) is 18.2 Å². The van der Waals surface area contributed by atoms with Crippen LogP contribution in [0.1, 0.15) is 0 Å². The topological polar surface area (TPSA) is 330 Å². The van der Waals surface area contributed by atoms with Crippen molar-refractivity contribution >= 4 is 11.0 Å². The molecule has 0 aliphatic carbocycles. The van der Waals surface area contributed by atoms with E-state index in [1.54, 1.807) is 0 Å². The number of phenolic OH excluding ortho intramolecular Hbond substituents is 3. The van der Waals surface area contributed by atoms with Gasteiger partial charge in [0.15, 0.2) is 29.5 Å². The summed E-state index contributed by atoms with van der Waals surface area (Å²) in [5.41, 5.74) is -2.01. The van der Waals surface area contributed by atoms with Crippen molar-refractivity contribution in [1.29, 1.82) is 0 Å². The van der Waals surface area contributed by atoms with Gasteiger partial charge in [-0.3, -0.25) is 4.79 Å². The molecule has 0 amide bonds. The van der Waals surface area contributed by atoms with E-state index in [0.717, 1.165) is 30.3 Å². The van der Waals surface area contributed by atoms with E-state index in [9.17, 15) is 71.2 Å². The molecule has 2 aliphatic rings. The fourth-order valence-electron chi connectivity index (χ4n) is 5.02. The van der Waals surface area contributed by atoms with Crippen molar-refractivity contribution in [2.75, 3.05) is 13.2 Å². The second-order valence-corrected chi connectivity index (χ2v) is 10.6. The lowest BCUT2D eigenvalue weighted by molar-refractivity contribution is -0.422. The van der Waals surface area contributed by atoms with Crippen LogP contribution in [-0.4, -0.2) is 140 Å². The molecule has 46 heavy (non-hydrogen) atoms. The zero-order valence-corrected chi connectivity index (χ0v) is 23.2. The van der Waals surface area contributed by atoms with E-state index >= 15 is 0 Å². The first-order valence-corrected chi connectivity index (χ1v) is 13.4. The molecule has 252 valence electrons. The van der Waals surface area contributed by atoms with Gasteiger partial charge in [0.2, 0.25) is 11.2 Å². The van der Waals surface area contributed by atoms with E-state index < -0.39 is 125 Å².